The molecule has 0 aliphatic rings. The highest BCUT2D eigenvalue weighted by Gasteiger charge is 2.18. The summed E-state index contributed by atoms with van der Waals surface area (Å²) in [6, 6.07) is 62.5. The lowest BCUT2D eigenvalue weighted by Gasteiger charge is -2.19. The van der Waals surface area contributed by atoms with E-state index < -0.39 is 0 Å². The van der Waals surface area contributed by atoms with Gasteiger partial charge >= 0.3 is 0 Å². The first-order chi connectivity index (χ1) is 21.8. The van der Waals surface area contributed by atoms with Crippen molar-refractivity contribution in [3.05, 3.63) is 170 Å². The van der Waals surface area contributed by atoms with Crippen molar-refractivity contribution in [3.63, 3.8) is 0 Å². The lowest BCUT2D eigenvalue weighted by atomic mass is 9.84. The minimum absolute atomic E-state index is 1.24. The molecule has 0 fully saturated rings. The second-order valence-corrected chi connectivity index (χ2v) is 11.7. The van der Waals surface area contributed by atoms with E-state index in [2.05, 4.69) is 170 Å². The van der Waals surface area contributed by atoms with Crippen molar-refractivity contribution in [2.45, 2.75) is 0 Å². The van der Waals surface area contributed by atoms with Crippen LogP contribution in [0.4, 0.5) is 0 Å². The summed E-state index contributed by atoms with van der Waals surface area (Å²) in [6.07, 6.45) is 0. The quantitative estimate of drug-likeness (QED) is 0.190. The van der Waals surface area contributed by atoms with E-state index in [-0.39, 0.29) is 0 Å². The molecule has 0 aliphatic carbocycles. The Morgan fingerprint density at radius 2 is 0.614 bits per heavy atom. The van der Waals surface area contributed by atoms with Crippen LogP contribution < -0.4 is 0 Å². The third-order valence-corrected chi connectivity index (χ3v) is 9.16. The molecule has 0 N–H and O–H groups in total. The number of benzene rings is 9. The molecule has 0 amide bonds. The molecule has 9 aromatic rings. The average Bonchev–Trinajstić information content (AvgIpc) is 3.09. The fourth-order valence-corrected chi connectivity index (χ4v) is 7.04. The van der Waals surface area contributed by atoms with Gasteiger partial charge in [-0.3, -0.25) is 0 Å². The molecule has 0 bridgehead atoms. The van der Waals surface area contributed by atoms with Crippen molar-refractivity contribution < 1.29 is 0 Å². The molecule has 0 unspecified atom stereocenters. The van der Waals surface area contributed by atoms with Crippen LogP contribution in [0.15, 0.2) is 170 Å². The predicted molar refractivity (Wildman–Crippen MR) is 190 cm³/mol. The van der Waals surface area contributed by atoms with E-state index in [1.54, 1.807) is 0 Å². The Balaban J connectivity index is 1.42. The largest absolute Gasteiger partial charge is 0.0622 e. The lowest BCUT2D eigenvalue weighted by molar-refractivity contribution is 1.65. The van der Waals surface area contributed by atoms with Gasteiger partial charge in [0, 0.05) is 0 Å². The zero-order valence-corrected chi connectivity index (χ0v) is 24.2. The second-order valence-electron chi connectivity index (χ2n) is 11.7. The fourth-order valence-electron chi connectivity index (χ4n) is 7.04. The maximum absolute atomic E-state index is 2.43. The third kappa shape index (κ3) is 4.00. The highest BCUT2D eigenvalue weighted by molar-refractivity contribution is 6.24. The van der Waals surface area contributed by atoms with Crippen molar-refractivity contribution >= 4 is 53.9 Å². The van der Waals surface area contributed by atoms with E-state index in [4.69, 9.17) is 0 Å². The maximum atomic E-state index is 2.43. The minimum atomic E-state index is 1.24. The van der Waals surface area contributed by atoms with Gasteiger partial charge in [0.2, 0.25) is 0 Å². The molecule has 204 valence electrons. The first-order valence-corrected chi connectivity index (χ1v) is 15.3. The van der Waals surface area contributed by atoms with E-state index in [9.17, 15) is 0 Å². The normalized spacial score (nSPS) is 11.6. The minimum Gasteiger partial charge on any atom is -0.0622 e. The molecule has 0 spiro atoms. The van der Waals surface area contributed by atoms with Crippen LogP contribution in [0.2, 0.25) is 0 Å². The van der Waals surface area contributed by atoms with Gasteiger partial charge < -0.3 is 0 Å². The molecule has 0 saturated carbocycles. The molecule has 9 rings (SSSR count). The Morgan fingerprint density at radius 1 is 0.205 bits per heavy atom. The van der Waals surface area contributed by atoms with Crippen molar-refractivity contribution in [1.82, 2.24) is 0 Å². The molecule has 44 heavy (non-hydrogen) atoms. The van der Waals surface area contributed by atoms with Gasteiger partial charge in [0.1, 0.15) is 0 Å². The Kier molecular flexibility index (Phi) is 5.61. The highest BCUT2D eigenvalue weighted by atomic mass is 14.2. The lowest BCUT2D eigenvalue weighted by Crippen LogP contribution is -1.92. The van der Waals surface area contributed by atoms with Crippen molar-refractivity contribution in [2.24, 2.45) is 0 Å². The molecular formula is C44H28. The van der Waals surface area contributed by atoms with E-state index in [0.717, 1.165) is 0 Å². The highest BCUT2D eigenvalue weighted by Crippen LogP contribution is 2.46. The van der Waals surface area contributed by atoms with E-state index in [0.29, 0.717) is 0 Å². The zero-order chi connectivity index (χ0) is 29.0. The summed E-state index contributed by atoms with van der Waals surface area (Å²) in [5.74, 6) is 0. The summed E-state index contributed by atoms with van der Waals surface area (Å²) < 4.78 is 0. The molecule has 0 aliphatic heterocycles. The van der Waals surface area contributed by atoms with Gasteiger partial charge in [-0.25, -0.2) is 0 Å². The monoisotopic (exact) mass is 556 g/mol. The molecule has 0 saturated heterocycles. The Labute approximate surface area is 256 Å². The Morgan fingerprint density at radius 3 is 1.20 bits per heavy atom. The first-order valence-electron chi connectivity index (χ1n) is 15.3. The van der Waals surface area contributed by atoms with Crippen LogP contribution in [0.5, 0.6) is 0 Å². The van der Waals surface area contributed by atoms with E-state index >= 15 is 0 Å². The smallest absolute Gasteiger partial charge is 0.00259 e. The van der Waals surface area contributed by atoms with Crippen LogP contribution in [0.25, 0.3) is 87.2 Å². The van der Waals surface area contributed by atoms with Gasteiger partial charge in [-0.1, -0.05) is 140 Å². The van der Waals surface area contributed by atoms with Gasteiger partial charge in [-0.05, 0) is 118 Å². The predicted octanol–water partition coefficient (Wildman–Crippen LogP) is 12.5. The van der Waals surface area contributed by atoms with Crippen LogP contribution >= 0.6 is 0 Å². The Hall–Kier alpha value is -5.72. The van der Waals surface area contributed by atoms with Crippen LogP contribution in [0.3, 0.4) is 0 Å². The zero-order valence-electron chi connectivity index (χ0n) is 24.2. The number of fused-ring (bicyclic) bond motifs is 5. The third-order valence-electron chi connectivity index (χ3n) is 9.16. The summed E-state index contributed by atoms with van der Waals surface area (Å²) in [6.45, 7) is 0. The van der Waals surface area contributed by atoms with Crippen LogP contribution in [0, 0.1) is 0 Å². The van der Waals surface area contributed by atoms with Crippen LogP contribution in [-0.2, 0) is 0 Å². The molecule has 0 nitrogen and oxygen atoms in total. The summed E-state index contributed by atoms with van der Waals surface area (Å²) in [5, 5.41) is 12.6. The van der Waals surface area contributed by atoms with Crippen LogP contribution in [0.1, 0.15) is 0 Å². The van der Waals surface area contributed by atoms with Crippen LogP contribution in [-0.4, -0.2) is 0 Å². The van der Waals surface area contributed by atoms with Crippen molar-refractivity contribution in [2.75, 3.05) is 0 Å². The maximum Gasteiger partial charge on any atom is -0.00259 e. The SMILES string of the molecule is c1ccc(-c2ccc3cc4c(-c5ccc6ccccc6c5)c5ccccc5c(-c5ccc6ccccc6c5)c4cc3c2)cc1. The summed E-state index contributed by atoms with van der Waals surface area (Å²) in [5.41, 5.74) is 7.54. The molecule has 0 heterocycles. The topological polar surface area (TPSA) is 0 Å². The van der Waals surface area contributed by atoms with E-state index in [1.807, 2.05) is 0 Å². The summed E-state index contributed by atoms with van der Waals surface area (Å²) in [4.78, 5) is 0. The van der Waals surface area contributed by atoms with Gasteiger partial charge in [-0.15, -0.1) is 0 Å². The number of hydrogen-bond donors (Lipinski definition) is 0. The standard InChI is InChI=1S/C44H28/c1-2-10-29(11-3-1)34-20-21-35-27-41-42(28-38(35)26-34)44(37-23-19-31-13-5-7-15-33(31)25-37)40-17-9-8-16-39(40)43(41)36-22-18-30-12-4-6-14-32(30)24-36/h1-28H. The molecular weight excluding hydrogens is 528 g/mol. The van der Waals surface area contributed by atoms with Crippen molar-refractivity contribution in [1.29, 1.82) is 0 Å². The molecule has 0 atom stereocenters. The van der Waals surface area contributed by atoms with Gasteiger partial charge in [-0.2, -0.15) is 0 Å². The fraction of sp³-hybridized carbons (Fsp3) is 0. The summed E-state index contributed by atoms with van der Waals surface area (Å²) in [7, 11) is 0. The van der Waals surface area contributed by atoms with E-state index in [1.165, 1.54) is 87.2 Å². The first kappa shape index (κ1) is 24.8. The molecule has 9 aromatic carbocycles. The average molecular weight is 557 g/mol. The molecule has 0 radical (unpaired) electrons. The van der Waals surface area contributed by atoms with Crippen molar-refractivity contribution in [3.8, 4) is 33.4 Å². The van der Waals surface area contributed by atoms with Gasteiger partial charge in [0.05, 0.1) is 0 Å². The molecule has 0 aromatic heterocycles. The number of rotatable bonds is 3. The Bertz CT molecular complexity index is 2540. The number of hydrogen-bond acceptors (Lipinski definition) is 0. The molecule has 0 heteroatoms. The second kappa shape index (κ2) is 9.93. The summed E-state index contributed by atoms with van der Waals surface area (Å²) >= 11 is 0. The van der Waals surface area contributed by atoms with Gasteiger partial charge in [0.25, 0.3) is 0 Å². The van der Waals surface area contributed by atoms with Gasteiger partial charge in [0.15, 0.2) is 0 Å².